The maximum absolute atomic E-state index is 13.6. The fourth-order valence-electron chi connectivity index (χ4n) is 1.79. The van der Waals surface area contributed by atoms with Gasteiger partial charge in [-0.1, -0.05) is 12.1 Å². The molecular weight excluding hydrogens is 314 g/mol. The number of para-hydroxylation sites is 1. The van der Waals surface area contributed by atoms with Crippen molar-refractivity contribution >= 4 is 21.6 Å². The van der Waals surface area contributed by atoms with Gasteiger partial charge in [-0.05, 0) is 30.3 Å². The first-order valence-corrected chi connectivity index (χ1v) is 7.62. The molecule has 2 aromatic carbocycles. The SMILES string of the molecule is CNC(=O)c1ccccc1NS(=O)(=O)c1cc(F)ccc1F. The summed E-state index contributed by atoms with van der Waals surface area (Å²) in [6, 6.07) is 7.90. The zero-order valence-corrected chi connectivity index (χ0v) is 12.2. The summed E-state index contributed by atoms with van der Waals surface area (Å²) in [7, 11) is -2.99. The van der Waals surface area contributed by atoms with E-state index in [-0.39, 0.29) is 11.3 Å². The normalized spacial score (nSPS) is 11.0. The van der Waals surface area contributed by atoms with Gasteiger partial charge in [-0.25, -0.2) is 17.2 Å². The quantitative estimate of drug-likeness (QED) is 0.904. The second kappa shape index (κ2) is 6.10. The van der Waals surface area contributed by atoms with Crippen LogP contribution in [0.4, 0.5) is 14.5 Å². The molecule has 0 spiro atoms. The van der Waals surface area contributed by atoms with Crippen LogP contribution in [0.5, 0.6) is 0 Å². The molecule has 2 N–H and O–H groups in total. The number of carbonyl (C=O) groups is 1. The van der Waals surface area contributed by atoms with Crippen molar-refractivity contribution in [3.63, 3.8) is 0 Å². The lowest BCUT2D eigenvalue weighted by atomic mass is 10.2. The summed E-state index contributed by atoms with van der Waals surface area (Å²) in [6.07, 6.45) is 0. The predicted octanol–water partition coefficient (Wildman–Crippen LogP) is 2.13. The second-order valence-electron chi connectivity index (χ2n) is 4.30. The highest BCUT2D eigenvalue weighted by molar-refractivity contribution is 7.92. The first-order chi connectivity index (χ1) is 10.3. The average molecular weight is 326 g/mol. The standard InChI is InChI=1S/C14H12F2N2O3S/c1-17-14(19)10-4-2-3-5-12(10)18-22(20,21)13-8-9(15)6-7-11(13)16/h2-8,18H,1H3,(H,17,19). The van der Waals surface area contributed by atoms with Crippen molar-refractivity contribution in [2.75, 3.05) is 11.8 Å². The lowest BCUT2D eigenvalue weighted by molar-refractivity contribution is 0.0964. The molecule has 0 fully saturated rings. The Morgan fingerprint density at radius 1 is 1.09 bits per heavy atom. The third-order valence-electron chi connectivity index (χ3n) is 2.83. The number of halogens is 2. The largest absolute Gasteiger partial charge is 0.355 e. The molecule has 22 heavy (non-hydrogen) atoms. The van der Waals surface area contributed by atoms with E-state index in [2.05, 4.69) is 10.0 Å². The lowest BCUT2D eigenvalue weighted by Gasteiger charge is -2.12. The number of benzene rings is 2. The summed E-state index contributed by atoms with van der Waals surface area (Å²) in [5.41, 5.74) is 0.0240. The van der Waals surface area contributed by atoms with Crippen LogP contribution >= 0.6 is 0 Å². The molecule has 5 nitrogen and oxygen atoms in total. The smallest absolute Gasteiger partial charge is 0.264 e. The van der Waals surface area contributed by atoms with E-state index in [0.717, 1.165) is 6.07 Å². The highest BCUT2D eigenvalue weighted by atomic mass is 32.2. The number of carbonyl (C=O) groups excluding carboxylic acids is 1. The summed E-state index contributed by atoms with van der Waals surface area (Å²) in [5, 5.41) is 2.36. The first-order valence-electron chi connectivity index (χ1n) is 6.14. The fraction of sp³-hybridized carbons (Fsp3) is 0.0714. The van der Waals surface area contributed by atoms with Gasteiger partial charge in [-0.3, -0.25) is 9.52 Å². The number of sulfonamides is 1. The number of hydrogen-bond acceptors (Lipinski definition) is 3. The van der Waals surface area contributed by atoms with Crippen LogP contribution in [0.25, 0.3) is 0 Å². The molecule has 0 saturated carbocycles. The van der Waals surface area contributed by atoms with E-state index >= 15 is 0 Å². The van der Waals surface area contributed by atoms with Crippen LogP contribution in [0.3, 0.4) is 0 Å². The van der Waals surface area contributed by atoms with E-state index in [1.807, 2.05) is 0 Å². The van der Waals surface area contributed by atoms with Crippen molar-refractivity contribution < 1.29 is 22.0 Å². The molecule has 1 amide bonds. The Morgan fingerprint density at radius 3 is 2.45 bits per heavy atom. The van der Waals surface area contributed by atoms with Crippen LogP contribution in [-0.4, -0.2) is 21.4 Å². The number of nitrogens with one attached hydrogen (secondary N) is 2. The van der Waals surface area contributed by atoms with E-state index in [1.54, 1.807) is 6.07 Å². The molecule has 0 aliphatic rings. The van der Waals surface area contributed by atoms with Crippen LogP contribution in [0.1, 0.15) is 10.4 Å². The van der Waals surface area contributed by atoms with E-state index in [0.29, 0.717) is 12.1 Å². The zero-order chi connectivity index (χ0) is 16.3. The molecule has 0 saturated heterocycles. The Labute approximate surface area is 126 Å². The summed E-state index contributed by atoms with van der Waals surface area (Å²) in [4.78, 5) is 10.9. The average Bonchev–Trinajstić information content (AvgIpc) is 2.49. The topological polar surface area (TPSA) is 75.3 Å². The van der Waals surface area contributed by atoms with Crippen molar-refractivity contribution in [1.29, 1.82) is 0 Å². The molecule has 0 atom stereocenters. The summed E-state index contributed by atoms with van der Waals surface area (Å²) < 4.78 is 53.3. The molecule has 0 heterocycles. The molecule has 0 unspecified atom stereocenters. The van der Waals surface area contributed by atoms with Gasteiger partial charge in [0.25, 0.3) is 15.9 Å². The van der Waals surface area contributed by atoms with Gasteiger partial charge < -0.3 is 5.32 Å². The molecule has 0 radical (unpaired) electrons. The van der Waals surface area contributed by atoms with Gasteiger partial charge in [0.15, 0.2) is 0 Å². The minimum atomic E-state index is -4.38. The lowest BCUT2D eigenvalue weighted by Crippen LogP contribution is -2.22. The Bertz CT molecular complexity index is 823. The highest BCUT2D eigenvalue weighted by Crippen LogP contribution is 2.22. The number of anilines is 1. The molecule has 0 aliphatic carbocycles. The molecule has 0 aromatic heterocycles. The number of hydrogen-bond donors (Lipinski definition) is 2. The summed E-state index contributed by atoms with van der Waals surface area (Å²) in [6.45, 7) is 0. The van der Waals surface area contributed by atoms with Crippen molar-refractivity contribution in [3.05, 3.63) is 59.7 Å². The van der Waals surface area contributed by atoms with Crippen molar-refractivity contribution in [2.45, 2.75) is 4.90 Å². The van der Waals surface area contributed by atoms with E-state index in [4.69, 9.17) is 0 Å². The Balaban J connectivity index is 2.46. The fourth-order valence-corrected chi connectivity index (χ4v) is 2.96. The second-order valence-corrected chi connectivity index (χ2v) is 5.96. The van der Waals surface area contributed by atoms with Crippen LogP contribution in [0, 0.1) is 11.6 Å². The van der Waals surface area contributed by atoms with E-state index in [9.17, 15) is 22.0 Å². The maximum Gasteiger partial charge on any atom is 0.264 e. The first kappa shape index (κ1) is 15.9. The zero-order valence-electron chi connectivity index (χ0n) is 11.4. The van der Waals surface area contributed by atoms with Crippen molar-refractivity contribution in [2.24, 2.45) is 0 Å². The van der Waals surface area contributed by atoms with Crippen LogP contribution in [0.15, 0.2) is 47.4 Å². The van der Waals surface area contributed by atoms with Gasteiger partial charge in [0.2, 0.25) is 0 Å². The van der Waals surface area contributed by atoms with Gasteiger partial charge in [-0.15, -0.1) is 0 Å². The van der Waals surface area contributed by atoms with Gasteiger partial charge in [0.1, 0.15) is 16.5 Å². The monoisotopic (exact) mass is 326 g/mol. The van der Waals surface area contributed by atoms with Gasteiger partial charge >= 0.3 is 0 Å². The maximum atomic E-state index is 13.6. The van der Waals surface area contributed by atoms with Crippen LogP contribution < -0.4 is 10.0 Å². The molecule has 116 valence electrons. The van der Waals surface area contributed by atoms with Gasteiger partial charge in [-0.2, -0.15) is 0 Å². The summed E-state index contributed by atoms with van der Waals surface area (Å²) in [5.74, 6) is -2.49. The van der Waals surface area contributed by atoms with Crippen LogP contribution in [-0.2, 0) is 10.0 Å². The Morgan fingerprint density at radius 2 is 1.77 bits per heavy atom. The molecule has 2 rings (SSSR count). The third-order valence-corrected chi connectivity index (χ3v) is 4.21. The molecule has 2 aromatic rings. The minimum absolute atomic E-state index is 0.0366. The van der Waals surface area contributed by atoms with Crippen LogP contribution in [0.2, 0.25) is 0 Å². The van der Waals surface area contributed by atoms with Crippen molar-refractivity contribution in [3.8, 4) is 0 Å². The number of rotatable bonds is 4. The molecule has 8 heteroatoms. The number of amides is 1. The van der Waals surface area contributed by atoms with E-state index < -0.39 is 32.5 Å². The molecule has 0 aliphatic heterocycles. The predicted molar refractivity (Wildman–Crippen MR) is 77.0 cm³/mol. The molecule has 0 bridgehead atoms. The highest BCUT2D eigenvalue weighted by Gasteiger charge is 2.22. The van der Waals surface area contributed by atoms with Gasteiger partial charge in [0, 0.05) is 7.05 Å². The van der Waals surface area contributed by atoms with Gasteiger partial charge in [0.05, 0.1) is 11.3 Å². The Kier molecular flexibility index (Phi) is 4.41. The third kappa shape index (κ3) is 3.22. The van der Waals surface area contributed by atoms with E-state index in [1.165, 1.54) is 25.2 Å². The molecular formula is C14H12F2N2O3S. The summed E-state index contributed by atoms with van der Waals surface area (Å²) >= 11 is 0. The Hall–Kier alpha value is -2.48. The minimum Gasteiger partial charge on any atom is -0.355 e. The van der Waals surface area contributed by atoms with Crippen molar-refractivity contribution in [1.82, 2.24) is 5.32 Å².